The Morgan fingerprint density at radius 1 is 1.10 bits per heavy atom. The van der Waals surface area contributed by atoms with Crippen molar-refractivity contribution in [3.8, 4) is 6.07 Å². The standard InChI is InChI=1S/C31H23FN2O5/c1-3-38-28(35)19(2)31(16-23-22-11-7-8-12-27(22)39-29(36)24(23)17-33)25-15-21(32)13-14-26(25)34(30(31)37)18-20-9-5-4-6-10-20/h4-15H,2-3,16,18H2,1H3. The minimum Gasteiger partial charge on any atom is -0.463 e. The van der Waals surface area contributed by atoms with E-state index in [9.17, 15) is 24.0 Å². The molecule has 1 atom stereocenters. The van der Waals surface area contributed by atoms with Crippen LogP contribution in [0.4, 0.5) is 10.1 Å². The second-order valence-electron chi connectivity index (χ2n) is 9.17. The maximum absolute atomic E-state index is 14.8. The van der Waals surface area contributed by atoms with E-state index in [0.29, 0.717) is 11.1 Å². The molecule has 1 aromatic heterocycles. The molecule has 1 aliphatic rings. The summed E-state index contributed by atoms with van der Waals surface area (Å²) in [5.41, 5.74) is -1.48. The maximum atomic E-state index is 14.8. The van der Waals surface area contributed by atoms with Crippen molar-refractivity contribution in [2.24, 2.45) is 0 Å². The van der Waals surface area contributed by atoms with Gasteiger partial charge in [0.2, 0.25) is 5.91 Å². The van der Waals surface area contributed by atoms with Gasteiger partial charge in [0, 0.05) is 11.1 Å². The Kier molecular flexibility index (Phi) is 6.59. The van der Waals surface area contributed by atoms with Gasteiger partial charge in [-0.3, -0.25) is 4.79 Å². The fraction of sp³-hybridized carbons (Fsp3) is 0.161. The van der Waals surface area contributed by atoms with E-state index in [-0.39, 0.29) is 47.4 Å². The van der Waals surface area contributed by atoms with Crippen LogP contribution in [-0.2, 0) is 32.7 Å². The van der Waals surface area contributed by atoms with Crippen molar-refractivity contribution in [1.82, 2.24) is 0 Å². The van der Waals surface area contributed by atoms with Gasteiger partial charge in [-0.25, -0.2) is 14.0 Å². The first kappa shape index (κ1) is 25.6. The van der Waals surface area contributed by atoms with Gasteiger partial charge in [0.15, 0.2) is 0 Å². The number of anilines is 1. The third-order valence-corrected chi connectivity index (χ3v) is 7.01. The van der Waals surface area contributed by atoms with Crippen molar-refractivity contribution < 1.29 is 23.1 Å². The van der Waals surface area contributed by atoms with E-state index in [1.165, 1.54) is 23.1 Å². The highest BCUT2D eigenvalue weighted by Gasteiger charge is 2.55. The van der Waals surface area contributed by atoms with Crippen molar-refractivity contribution in [2.45, 2.75) is 25.3 Å². The van der Waals surface area contributed by atoms with E-state index < -0.39 is 28.7 Å². The van der Waals surface area contributed by atoms with Crippen LogP contribution in [0.2, 0.25) is 0 Å². The maximum Gasteiger partial charge on any atom is 0.354 e. The van der Waals surface area contributed by atoms with Gasteiger partial charge in [0.1, 0.15) is 28.4 Å². The molecule has 4 aromatic rings. The quantitative estimate of drug-likeness (QED) is 0.193. The summed E-state index contributed by atoms with van der Waals surface area (Å²) in [7, 11) is 0. The van der Waals surface area contributed by atoms with Gasteiger partial charge in [-0.1, -0.05) is 55.1 Å². The van der Waals surface area contributed by atoms with Crippen molar-refractivity contribution in [3.05, 3.63) is 123 Å². The molecule has 0 saturated heterocycles. The second kappa shape index (κ2) is 10.0. The molecule has 0 bridgehead atoms. The molecule has 0 spiro atoms. The van der Waals surface area contributed by atoms with Crippen molar-refractivity contribution in [2.75, 3.05) is 11.5 Å². The first-order valence-corrected chi connectivity index (χ1v) is 12.3. The molecular formula is C31H23FN2O5. The molecular weight excluding hydrogens is 499 g/mol. The molecule has 194 valence electrons. The van der Waals surface area contributed by atoms with Gasteiger partial charge in [-0.05, 0) is 54.3 Å². The normalized spacial score (nSPS) is 16.1. The molecule has 7 nitrogen and oxygen atoms in total. The highest BCUT2D eigenvalue weighted by molar-refractivity contribution is 6.15. The lowest BCUT2D eigenvalue weighted by Crippen LogP contribution is -2.45. The van der Waals surface area contributed by atoms with Crippen LogP contribution in [0.15, 0.2) is 94.2 Å². The summed E-state index contributed by atoms with van der Waals surface area (Å²) in [5, 5.41) is 10.3. The van der Waals surface area contributed by atoms with E-state index in [2.05, 4.69) is 6.58 Å². The first-order chi connectivity index (χ1) is 18.8. The smallest absolute Gasteiger partial charge is 0.354 e. The van der Waals surface area contributed by atoms with Gasteiger partial charge in [0.05, 0.1) is 18.7 Å². The van der Waals surface area contributed by atoms with E-state index in [1.54, 1.807) is 31.2 Å². The Hall–Kier alpha value is -5.03. The fourth-order valence-corrected chi connectivity index (χ4v) is 5.20. The zero-order valence-electron chi connectivity index (χ0n) is 21.1. The van der Waals surface area contributed by atoms with Crippen LogP contribution in [-0.4, -0.2) is 18.5 Å². The van der Waals surface area contributed by atoms with E-state index in [0.717, 1.165) is 5.56 Å². The Labute approximate surface area is 223 Å². The lowest BCUT2D eigenvalue weighted by atomic mass is 9.70. The van der Waals surface area contributed by atoms with Crippen molar-refractivity contribution in [1.29, 1.82) is 5.26 Å². The number of benzene rings is 3. The Bertz CT molecular complexity index is 1740. The summed E-state index contributed by atoms with van der Waals surface area (Å²) in [6, 6.07) is 21.6. The molecule has 2 heterocycles. The van der Waals surface area contributed by atoms with Gasteiger partial charge in [0.25, 0.3) is 0 Å². The number of fused-ring (bicyclic) bond motifs is 2. The molecule has 0 N–H and O–H groups in total. The summed E-state index contributed by atoms with van der Waals surface area (Å²) in [6.45, 7) is 5.75. The Morgan fingerprint density at radius 3 is 2.54 bits per heavy atom. The third-order valence-electron chi connectivity index (χ3n) is 7.01. The molecule has 39 heavy (non-hydrogen) atoms. The summed E-state index contributed by atoms with van der Waals surface area (Å²) in [6.07, 6.45) is -0.319. The first-order valence-electron chi connectivity index (χ1n) is 12.3. The number of amides is 1. The molecule has 0 radical (unpaired) electrons. The number of rotatable bonds is 7. The second-order valence-corrected chi connectivity index (χ2v) is 9.17. The predicted molar refractivity (Wildman–Crippen MR) is 142 cm³/mol. The number of hydrogen-bond acceptors (Lipinski definition) is 6. The highest BCUT2D eigenvalue weighted by atomic mass is 19.1. The highest BCUT2D eigenvalue weighted by Crippen LogP contribution is 2.50. The molecule has 1 aliphatic heterocycles. The van der Waals surface area contributed by atoms with E-state index in [4.69, 9.17) is 9.15 Å². The SMILES string of the molecule is C=C(C(=O)OCC)C1(Cc2c(C#N)c(=O)oc3ccccc23)C(=O)N(Cc2ccccc2)c2ccc(F)cc21. The van der Waals surface area contributed by atoms with Crippen LogP contribution in [0.1, 0.15) is 29.2 Å². The number of carbonyl (C=O) groups excluding carboxylic acids is 2. The molecule has 1 unspecified atom stereocenters. The minimum absolute atomic E-state index is 0.0210. The van der Waals surface area contributed by atoms with Crippen LogP contribution in [0, 0.1) is 17.1 Å². The molecule has 0 saturated carbocycles. The summed E-state index contributed by atoms with van der Waals surface area (Å²) in [5.74, 6) is -2.01. The Morgan fingerprint density at radius 2 is 1.82 bits per heavy atom. The van der Waals surface area contributed by atoms with Gasteiger partial charge in [-0.15, -0.1) is 0 Å². The van der Waals surface area contributed by atoms with Crippen LogP contribution in [0.5, 0.6) is 0 Å². The van der Waals surface area contributed by atoms with Crippen LogP contribution < -0.4 is 10.5 Å². The summed E-state index contributed by atoms with van der Waals surface area (Å²) in [4.78, 5) is 42.0. The zero-order valence-corrected chi connectivity index (χ0v) is 21.1. The Balaban J connectivity index is 1.80. The molecule has 0 aliphatic carbocycles. The average Bonchev–Trinajstić information content (AvgIpc) is 3.16. The van der Waals surface area contributed by atoms with Crippen LogP contribution >= 0.6 is 0 Å². The summed E-state index contributed by atoms with van der Waals surface area (Å²) >= 11 is 0. The molecule has 3 aromatic carbocycles. The number of para-hydroxylation sites is 1. The number of nitriles is 1. The number of carbonyl (C=O) groups is 2. The predicted octanol–water partition coefficient (Wildman–Crippen LogP) is 4.95. The monoisotopic (exact) mass is 522 g/mol. The lowest BCUT2D eigenvalue weighted by Gasteiger charge is -2.30. The van der Waals surface area contributed by atoms with Crippen LogP contribution in [0.3, 0.4) is 0 Å². The third kappa shape index (κ3) is 4.18. The van der Waals surface area contributed by atoms with Gasteiger partial charge in [-0.2, -0.15) is 5.26 Å². The number of esters is 1. The van der Waals surface area contributed by atoms with Crippen LogP contribution in [0.25, 0.3) is 11.0 Å². The average molecular weight is 523 g/mol. The van der Waals surface area contributed by atoms with Crippen molar-refractivity contribution >= 4 is 28.5 Å². The number of nitrogens with zero attached hydrogens (tertiary/aromatic N) is 2. The molecule has 5 rings (SSSR count). The van der Waals surface area contributed by atoms with Gasteiger partial charge >= 0.3 is 11.6 Å². The number of ether oxygens (including phenoxy) is 1. The number of halogens is 1. The number of hydrogen-bond donors (Lipinski definition) is 0. The summed E-state index contributed by atoms with van der Waals surface area (Å²) < 4.78 is 25.4. The van der Waals surface area contributed by atoms with Crippen molar-refractivity contribution in [3.63, 3.8) is 0 Å². The largest absolute Gasteiger partial charge is 0.463 e. The van der Waals surface area contributed by atoms with E-state index >= 15 is 0 Å². The molecule has 1 amide bonds. The topological polar surface area (TPSA) is 101 Å². The minimum atomic E-state index is -1.86. The van der Waals surface area contributed by atoms with Gasteiger partial charge < -0.3 is 14.1 Å². The lowest BCUT2D eigenvalue weighted by molar-refractivity contribution is -0.140. The van der Waals surface area contributed by atoms with E-state index in [1.807, 2.05) is 36.4 Å². The zero-order chi connectivity index (χ0) is 27.7. The molecule has 8 heteroatoms. The molecule has 0 fully saturated rings. The fourth-order valence-electron chi connectivity index (χ4n) is 5.20.